The lowest BCUT2D eigenvalue weighted by Crippen LogP contribution is -2.22. The molecule has 0 saturated carbocycles. The van der Waals surface area contributed by atoms with Gasteiger partial charge in [-0.25, -0.2) is 4.79 Å². The van der Waals surface area contributed by atoms with Crippen molar-refractivity contribution in [1.82, 2.24) is 4.98 Å². The lowest BCUT2D eigenvalue weighted by Gasteiger charge is -2.21. The smallest absolute Gasteiger partial charge is 0.408 e. The Balaban J connectivity index is 3.26. The monoisotopic (exact) mass is 208 g/mol. The molecule has 82 valence electrons. The minimum absolute atomic E-state index is 0.184. The van der Waals surface area contributed by atoms with Crippen LogP contribution in [0.1, 0.15) is 32.0 Å². The van der Waals surface area contributed by atoms with Gasteiger partial charge in [0.1, 0.15) is 0 Å². The molecule has 4 heteroatoms. The fourth-order valence-electron chi connectivity index (χ4n) is 1.31. The molecule has 0 saturated heterocycles. The number of amides is 1. The van der Waals surface area contributed by atoms with Crippen LogP contribution in [-0.2, 0) is 5.41 Å². The molecule has 2 N–H and O–H groups in total. The van der Waals surface area contributed by atoms with Gasteiger partial charge in [0.25, 0.3) is 0 Å². The Morgan fingerprint density at radius 3 is 2.53 bits per heavy atom. The van der Waals surface area contributed by atoms with E-state index < -0.39 is 6.09 Å². The van der Waals surface area contributed by atoms with E-state index in [1.54, 1.807) is 12.3 Å². The lowest BCUT2D eigenvalue weighted by molar-refractivity contribution is 0.209. The van der Waals surface area contributed by atoms with Gasteiger partial charge in [-0.05, 0) is 18.6 Å². The van der Waals surface area contributed by atoms with Crippen molar-refractivity contribution >= 4 is 6.09 Å². The number of aromatic nitrogens is 1. The van der Waals surface area contributed by atoms with E-state index in [9.17, 15) is 4.79 Å². The largest absolute Gasteiger partial charge is 0.410 e. The Labute approximate surface area is 89.5 Å². The maximum atomic E-state index is 10.8. The molecule has 0 bridgehead atoms. The molecule has 15 heavy (non-hydrogen) atoms. The average molecular weight is 208 g/mol. The molecule has 0 fully saturated rings. The van der Waals surface area contributed by atoms with E-state index in [2.05, 4.69) is 4.98 Å². The van der Waals surface area contributed by atoms with Crippen molar-refractivity contribution in [2.24, 2.45) is 5.73 Å². The van der Waals surface area contributed by atoms with Crippen LogP contribution in [0.5, 0.6) is 5.75 Å². The number of pyridine rings is 1. The maximum Gasteiger partial charge on any atom is 0.410 e. The number of nitrogens with two attached hydrogens (primary N) is 1. The van der Waals surface area contributed by atoms with E-state index in [1.807, 2.05) is 27.7 Å². The third-order valence-electron chi connectivity index (χ3n) is 2.01. The predicted octanol–water partition coefficient (Wildman–Crippen LogP) is 2.15. The number of hydrogen-bond acceptors (Lipinski definition) is 3. The number of hydrogen-bond donors (Lipinski definition) is 1. The van der Waals surface area contributed by atoms with Crippen molar-refractivity contribution < 1.29 is 9.53 Å². The Morgan fingerprint density at radius 1 is 1.47 bits per heavy atom. The molecule has 0 aliphatic rings. The summed E-state index contributed by atoms with van der Waals surface area (Å²) in [4.78, 5) is 15.0. The Bertz CT molecular complexity index is 381. The highest BCUT2D eigenvalue weighted by Crippen LogP contribution is 2.31. The topological polar surface area (TPSA) is 65.2 Å². The van der Waals surface area contributed by atoms with Crippen molar-refractivity contribution in [3.05, 3.63) is 23.5 Å². The predicted molar refractivity (Wildman–Crippen MR) is 57.9 cm³/mol. The van der Waals surface area contributed by atoms with E-state index in [0.29, 0.717) is 5.75 Å². The number of rotatable bonds is 1. The zero-order chi connectivity index (χ0) is 11.6. The second-order valence-corrected chi connectivity index (χ2v) is 4.48. The molecule has 4 nitrogen and oxygen atoms in total. The molecule has 0 spiro atoms. The Morgan fingerprint density at radius 2 is 2.07 bits per heavy atom. The molecule has 0 aromatic carbocycles. The van der Waals surface area contributed by atoms with Gasteiger partial charge in [-0.3, -0.25) is 4.98 Å². The Kier molecular flexibility index (Phi) is 2.98. The molecule has 0 atom stereocenters. The minimum Gasteiger partial charge on any atom is -0.408 e. The van der Waals surface area contributed by atoms with Gasteiger partial charge in [0.2, 0.25) is 0 Å². The summed E-state index contributed by atoms with van der Waals surface area (Å²) >= 11 is 0. The normalized spacial score (nSPS) is 11.2. The highest BCUT2D eigenvalue weighted by molar-refractivity contribution is 5.69. The maximum absolute atomic E-state index is 10.8. The summed E-state index contributed by atoms with van der Waals surface area (Å²) in [6, 6.07) is 1.79. The summed E-state index contributed by atoms with van der Waals surface area (Å²) in [6.45, 7) is 7.86. The fourth-order valence-corrected chi connectivity index (χ4v) is 1.31. The molecular formula is C11H16N2O2. The van der Waals surface area contributed by atoms with Crippen LogP contribution < -0.4 is 10.5 Å². The van der Waals surface area contributed by atoms with Gasteiger partial charge in [0.15, 0.2) is 5.75 Å². The van der Waals surface area contributed by atoms with Crippen LogP contribution in [0.15, 0.2) is 12.3 Å². The van der Waals surface area contributed by atoms with Gasteiger partial charge in [0, 0.05) is 11.6 Å². The van der Waals surface area contributed by atoms with Crippen molar-refractivity contribution in [3.63, 3.8) is 0 Å². The molecular weight excluding hydrogens is 192 g/mol. The van der Waals surface area contributed by atoms with E-state index in [1.165, 1.54) is 0 Å². The van der Waals surface area contributed by atoms with Crippen molar-refractivity contribution in [1.29, 1.82) is 0 Å². The number of carbonyl (C=O) groups excluding carboxylic acids is 1. The summed E-state index contributed by atoms with van der Waals surface area (Å²) < 4.78 is 4.98. The number of nitrogens with zero attached hydrogens (tertiary/aromatic N) is 1. The average Bonchev–Trinajstić information content (AvgIpc) is 2.05. The van der Waals surface area contributed by atoms with Crippen LogP contribution in [0.2, 0.25) is 0 Å². The van der Waals surface area contributed by atoms with Crippen LogP contribution in [0.4, 0.5) is 4.79 Å². The highest BCUT2D eigenvalue weighted by atomic mass is 16.5. The van der Waals surface area contributed by atoms with E-state index in [0.717, 1.165) is 11.3 Å². The quantitative estimate of drug-likeness (QED) is 0.769. The zero-order valence-electron chi connectivity index (χ0n) is 9.50. The molecule has 0 radical (unpaired) electrons. The molecule has 1 aromatic rings. The lowest BCUT2D eigenvalue weighted by atomic mass is 9.90. The van der Waals surface area contributed by atoms with Gasteiger partial charge in [-0.2, -0.15) is 0 Å². The van der Waals surface area contributed by atoms with E-state index >= 15 is 0 Å². The number of primary amides is 1. The van der Waals surface area contributed by atoms with Crippen LogP contribution in [0.25, 0.3) is 0 Å². The first-order chi connectivity index (χ1) is 6.82. The third kappa shape index (κ3) is 2.68. The van der Waals surface area contributed by atoms with Gasteiger partial charge in [-0.1, -0.05) is 20.8 Å². The first kappa shape index (κ1) is 11.5. The third-order valence-corrected chi connectivity index (χ3v) is 2.01. The van der Waals surface area contributed by atoms with Crippen LogP contribution in [0, 0.1) is 6.92 Å². The van der Waals surface area contributed by atoms with Crippen molar-refractivity contribution in [3.8, 4) is 5.75 Å². The standard InChI is InChI=1S/C11H16N2O2/c1-7-5-6-13-9(11(2,3)4)8(7)15-10(12)14/h5-6H,1-4H3,(H2,12,14). The number of ether oxygens (including phenoxy) is 1. The summed E-state index contributed by atoms with van der Waals surface area (Å²) in [6.07, 6.45) is 0.889. The van der Waals surface area contributed by atoms with Gasteiger partial charge >= 0.3 is 6.09 Å². The SMILES string of the molecule is Cc1ccnc(C(C)(C)C)c1OC(N)=O. The molecule has 0 unspecified atom stereocenters. The first-order valence-electron chi connectivity index (χ1n) is 4.75. The minimum atomic E-state index is -0.809. The molecule has 1 heterocycles. The van der Waals surface area contributed by atoms with E-state index in [4.69, 9.17) is 10.5 Å². The van der Waals surface area contributed by atoms with Crippen LogP contribution in [0.3, 0.4) is 0 Å². The molecule has 1 amide bonds. The van der Waals surface area contributed by atoms with Crippen LogP contribution in [-0.4, -0.2) is 11.1 Å². The first-order valence-corrected chi connectivity index (χ1v) is 4.75. The summed E-state index contributed by atoms with van der Waals surface area (Å²) in [7, 11) is 0. The summed E-state index contributed by atoms with van der Waals surface area (Å²) in [5, 5.41) is 0. The Hall–Kier alpha value is -1.58. The van der Waals surface area contributed by atoms with Crippen molar-refractivity contribution in [2.75, 3.05) is 0 Å². The van der Waals surface area contributed by atoms with Crippen LogP contribution >= 0.6 is 0 Å². The second-order valence-electron chi connectivity index (χ2n) is 4.48. The molecule has 0 aliphatic carbocycles. The second kappa shape index (κ2) is 3.88. The molecule has 0 aliphatic heterocycles. The van der Waals surface area contributed by atoms with Gasteiger partial charge in [0.05, 0.1) is 5.69 Å². The van der Waals surface area contributed by atoms with E-state index in [-0.39, 0.29) is 5.41 Å². The zero-order valence-corrected chi connectivity index (χ0v) is 9.50. The molecule has 1 aromatic heterocycles. The molecule has 1 rings (SSSR count). The number of aryl methyl sites for hydroxylation is 1. The van der Waals surface area contributed by atoms with Gasteiger partial charge < -0.3 is 10.5 Å². The highest BCUT2D eigenvalue weighted by Gasteiger charge is 2.22. The number of carbonyl (C=O) groups is 1. The summed E-state index contributed by atoms with van der Waals surface area (Å²) in [5.74, 6) is 0.470. The van der Waals surface area contributed by atoms with Crippen molar-refractivity contribution in [2.45, 2.75) is 33.1 Å². The fraction of sp³-hybridized carbons (Fsp3) is 0.455. The van der Waals surface area contributed by atoms with Gasteiger partial charge in [-0.15, -0.1) is 0 Å². The summed E-state index contributed by atoms with van der Waals surface area (Å²) in [5.41, 5.74) is 6.43.